The van der Waals surface area contributed by atoms with Crippen LogP contribution in [0.1, 0.15) is 0 Å². The van der Waals surface area contributed by atoms with Crippen molar-refractivity contribution in [3.8, 4) is 0 Å². The van der Waals surface area contributed by atoms with E-state index in [1.54, 1.807) is 0 Å². The molecular weight excluding hydrogens is 85.9 g/mol. The third-order valence-corrected chi connectivity index (χ3v) is 0. The molecule has 20 valence electrons. The Labute approximate surface area is 30.2 Å². The van der Waals surface area contributed by atoms with Gasteiger partial charge in [-0.3, -0.25) is 0 Å². The normalized spacial score (nSPS) is 11.5. The second kappa shape index (κ2) is 1.68. The Hall–Kier alpha value is 0.382. The molecule has 0 rings (SSSR count). The van der Waals surface area contributed by atoms with Gasteiger partial charge in [-0.15, -0.1) is 4.57 Å². The molecule has 1 nitrogen and oxygen atoms in total. The standard InChI is InChI=1S/BH3OPSi/c1-3(2)4/h4H3/q+1. The zero-order valence-corrected chi connectivity index (χ0v) is 5.33. The van der Waals surface area contributed by atoms with E-state index < -0.39 is 7.23 Å². The van der Waals surface area contributed by atoms with Crippen LogP contribution >= 0.6 is 7.23 Å². The Bertz CT molecular complexity index is 31.0. The number of hydrogen-bond donors (Lipinski definition) is 0. The highest BCUT2D eigenvalue weighted by Gasteiger charge is 1.83. The van der Waals surface area contributed by atoms with Crippen LogP contribution in [-0.4, -0.2) is 17.5 Å². The second-order valence-corrected chi connectivity index (χ2v) is 4.28. The Morgan fingerprint density at radius 1 is 2.00 bits per heavy atom. The van der Waals surface area contributed by atoms with Gasteiger partial charge in [0, 0.05) is 0 Å². The predicted octanol–water partition coefficient (Wildman–Crippen LogP) is -0.822. The molecule has 4 heavy (non-hydrogen) atoms. The highest BCUT2D eigenvalue weighted by atomic mass is 31.4. The molecule has 0 fully saturated rings. The van der Waals surface area contributed by atoms with Crippen LogP contribution in [0.3, 0.4) is 0 Å². The van der Waals surface area contributed by atoms with Gasteiger partial charge in [0.2, 0.25) is 0 Å². The summed E-state index contributed by atoms with van der Waals surface area (Å²) in [7, 11) is 4.09. The molecule has 0 spiro atoms. The fourth-order valence-corrected chi connectivity index (χ4v) is 0. The van der Waals surface area contributed by atoms with E-state index in [-0.39, 0.29) is 0 Å². The van der Waals surface area contributed by atoms with Gasteiger partial charge in [-0.2, -0.15) is 0 Å². The largest absolute Gasteiger partial charge is 0.477 e. The molecule has 0 aromatic rings. The molecule has 0 aliphatic rings. The lowest BCUT2D eigenvalue weighted by atomic mass is 10.8. The molecule has 0 saturated carbocycles. The summed E-state index contributed by atoms with van der Waals surface area (Å²) in [5.41, 5.74) is 0. The van der Waals surface area contributed by atoms with E-state index in [4.69, 9.17) is 0 Å². The van der Waals surface area contributed by atoms with Crippen LogP contribution in [0.5, 0.6) is 0 Å². The minimum Gasteiger partial charge on any atom is -0.119 e. The van der Waals surface area contributed by atoms with Crippen LogP contribution in [0.4, 0.5) is 0 Å². The van der Waals surface area contributed by atoms with Gasteiger partial charge in [-0.1, -0.05) is 0 Å². The van der Waals surface area contributed by atoms with E-state index in [1.807, 2.05) is 0 Å². The van der Waals surface area contributed by atoms with Crippen molar-refractivity contribution in [2.45, 2.75) is 0 Å². The molecule has 0 aromatic carbocycles. The fraction of sp³-hybridized carbons (Fsp3) is 0. The van der Waals surface area contributed by atoms with Gasteiger partial charge >= 0.3 is 7.57 Å². The van der Waals surface area contributed by atoms with Gasteiger partial charge in [0.25, 0.3) is 9.91 Å². The van der Waals surface area contributed by atoms with Crippen molar-refractivity contribution in [1.82, 2.24) is 0 Å². The molecule has 1 atom stereocenters. The highest BCUT2D eigenvalue weighted by Crippen LogP contribution is 1.96. The third kappa shape index (κ3) is 31.2. The predicted molar refractivity (Wildman–Crippen MR) is 23.3 cm³/mol. The van der Waals surface area contributed by atoms with Gasteiger partial charge in [0.05, 0.1) is 0 Å². The van der Waals surface area contributed by atoms with E-state index in [9.17, 15) is 4.57 Å². The molecule has 0 amide bonds. The van der Waals surface area contributed by atoms with Gasteiger partial charge in [-0.25, -0.2) is 0 Å². The van der Waals surface area contributed by atoms with Gasteiger partial charge in [0.1, 0.15) is 0 Å². The lowest BCUT2D eigenvalue weighted by Crippen LogP contribution is -1.43. The molecule has 1 unspecified atom stereocenters. The van der Waals surface area contributed by atoms with Crippen LogP contribution in [0.2, 0.25) is 0 Å². The summed E-state index contributed by atoms with van der Waals surface area (Å²) in [5.74, 6) is 0. The van der Waals surface area contributed by atoms with Crippen molar-refractivity contribution in [2.24, 2.45) is 0 Å². The molecule has 0 heterocycles. The lowest BCUT2D eigenvalue weighted by Gasteiger charge is -1.36. The van der Waals surface area contributed by atoms with Gasteiger partial charge < -0.3 is 0 Å². The Morgan fingerprint density at radius 3 is 2.00 bits per heavy atom. The Morgan fingerprint density at radius 2 is 2.00 bits per heavy atom. The van der Waals surface area contributed by atoms with Crippen molar-refractivity contribution in [3.05, 3.63) is 0 Å². The maximum atomic E-state index is 9.43. The third-order valence-electron chi connectivity index (χ3n) is 0. The van der Waals surface area contributed by atoms with Gasteiger partial charge in [0.15, 0.2) is 7.23 Å². The fourth-order valence-electron chi connectivity index (χ4n) is 0. The first-order valence-corrected chi connectivity index (χ1v) is 5.35. The molecule has 0 aliphatic heterocycles. The summed E-state index contributed by atoms with van der Waals surface area (Å²) in [6.45, 7) is 0. The first-order chi connectivity index (χ1) is 1.73. The van der Waals surface area contributed by atoms with Crippen molar-refractivity contribution in [2.75, 3.05) is 0 Å². The van der Waals surface area contributed by atoms with Crippen LogP contribution < -0.4 is 0 Å². The Kier molecular flexibility index (Phi) is 1.84. The zero-order valence-electron chi connectivity index (χ0n) is 2.43. The first kappa shape index (κ1) is 4.38. The molecule has 0 aromatic heterocycles. The summed E-state index contributed by atoms with van der Waals surface area (Å²) in [6.07, 6.45) is 0. The minimum atomic E-state index is -1.23. The summed E-state index contributed by atoms with van der Waals surface area (Å²) in [5, 5.41) is 0. The van der Waals surface area contributed by atoms with E-state index in [0.29, 0.717) is 9.91 Å². The molecule has 2 radical (unpaired) electrons. The molecule has 0 saturated heterocycles. The highest BCUT2D eigenvalue weighted by molar-refractivity contribution is 7.92. The van der Waals surface area contributed by atoms with Crippen molar-refractivity contribution in [1.29, 1.82) is 0 Å². The number of rotatable bonds is 0. The minimum absolute atomic E-state index is 0.636. The van der Waals surface area contributed by atoms with E-state index in [0.717, 1.165) is 0 Å². The molecule has 0 bridgehead atoms. The molecule has 0 N–H and O–H groups in total. The summed E-state index contributed by atoms with van der Waals surface area (Å²) < 4.78 is 9.43. The molecular formula is H3BOPSi+. The van der Waals surface area contributed by atoms with Crippen LogP contribution in [-0.2, 0) is 4.57 Å². The van der Waals surface area contributed by atoms with Crippen LogP contribution in [0, 0.1) is 0 Å². The maximum Gasteiger partial charge on any atom is 0.477 e. The maximum absolute atomic E-state index is 9.43. The van der Waals surface area contributed by atoms with E-state index in [2.05, 4.69) is 7.57 Å². The van der Waals surface area contributed by atoms with E-state index in [1.165, 1.54) is 0 Å². The van der Waals surface area contributed by atoms with Crippen molar-refractivity contribution in [3.63, 3.8) is 0 Å². The number of hydrogen-bond acceptors (Lipinski definition) is 1. The average Bonchev–Trinajstić information content (AvgIpc) is 0.811. The average molecular weight is 88.9 g/mol. The summed E-state index contributed by atoms with van der Waals surface area (Å²) >= 11 is 0. The topological polar surface area (TPSA) is 17.1 Å². The molecule has 4 heteroatoms. The SMILES string of the molecule is [B][P+](=O)[SiH3]. The van der Waals surface area contributed by atoms with E-state index >= 15 is 0 Å². The van der Waals surface area contributed by atoms with Crippen LogP contribution in [0.25, 0.3) is 0 Å². The second-order valence-electron chi connectivity index (χ2n) is 0.546. The van der Waals surface area contributed by atoms with Crippen LogP contribution in [0.15, 0.2) is 0 Å². The summed E-state index contributed by atoms with van der Waals surface area (Å²) in [6, 6.07) is 0. The summed E-state index contributed by atoms with van der Waals surface area (Å²) in [4.78, 5) is 0. The zero-order chi connectivity index (χ0) is 3.58. The monoisotopic (exact) mass is 89.0 g/mol. The van der Waals surface area contributed by atoms with Crippen molar-refractivity contribution < 1.29 is 4.57 Å². The quantitative estimate of drug-likeness (QED) is 0.280. The van der Waals surface area contributed by atoms with Crippen molar-refractivity contribution >= 4 is 24.7 Å². The lowest BCUT2D eigenvalue weighted by molar-refractivity contribution is 0.602. The molecule has 0 aliphatic carbocycles. The Balaban J connectivity index is 2.80. The van der Waals surface area contributed by atoms with Gasteiger partial charge in [-0.05, 0) is 0 Å². The first-order valence-electron chi connectivity index (χ1n) is 0.888. The smallest absolute Gasteiger partial charge is 0.119 e.